The van der Waals surface area contributed by atoms with Crippen molar-refractivity contribution in [1.82, 2.24) is 24.7 Å². The number of rotatable bonds is 2. The van der Waals surface area contributed by atoms with Gasteiger partial charge in [-0.05, 0) is 13.8 Å². The van der Waals surface area contributed by atoms with Crippen LogP contribution >= 0.6 is 23.2 Å². The first-order valence-electron chi connectivity index (χ1n) is 4.59. The van der Waals surface area contributed by atoms with Gasteiger partial charge in [-0.2, -0.15) is 4.68 Å². The minimum absolute atomic E-state index is 0.230. The second-order valence-electron chi connectivity index (χ2n) is 3.22. The van der Waals surface area contributed by atoms with Crippen LogP contribution in [0.1, 0.15) is 17.2 Å². The molecule has 16 heavy (non-hydrogen) atoms. The first-order chi connectivity index (χ1) is 7.63. The molecule has 0 fully saturated rings. The second-order valence-corrected chi connectivity index (χ2v) is 3.84. The van der Waals surface area contributed by atoms with Crippen LogP contribution in [0.15, 0.2) is 6.33 Å². The summed E-state index contributed by atoms with van der Waals surface area (Å²) in [4.78, 5) is 12.2. The van der Waals surface area contributed by atoms with Crippen LogP contribution in [0.25, 0.3) is 5.82 Å². The molecule has 0 aliphatic heterocycles. The molecular formula is C9H9Cl2N5. The molecular weight excluding hydrogens is 249 g/mol. The highest BCUT2D eigenvalue weighted by atomic mass is 35.5. The average Bonchev–Trinajstić information content (AvgIpc) is 2.57. The third-order valence-corrected chi connectivity index (χ3v) is 2.67. The maximum absolute atomic E-state index is 5.94. The predicted octanol–water partition coefficient (Wildman–Crippen LogP) is 2.07. The summed E-state index contributed by atoms with van der Waals surface area (Å²) in [5.74, 6) is 2.22. The van der Waals surface area contributed by atoms with Gasteiger partial charge in [-0.25, -0.2) is 15.0 Å². The molecule has 2 rings (SSSR count). The van der Waals surface area contributed by atoms with Crippen LogP contribution < -0.4 is 0 Å². The van der Waals surface area contributed by atoms with Crippen molar-refractivity contribution in [3.8, 4) is 5.82 Å². The summed E-state index contributed by atoms with van der Waals surface area (Å²) in [6, 6.07) is 0. The van der Waals surface area contributed by atoms with E-state index in [4.69, 9.17) is 23.2 Å². The van der Waals surface area contributed by atoms with Crippen LogP contribution in [0.3, 0.4) is 0 Å². The zero-order chi connectivity index (χ0) is 11.7. The van der Waals surface area contributed by atoms with Crippen LogP contribution in [0.2, 0.25) is 5.15 Å². The largest absolute Gasteiger partial charge is 0.224 e. The van der Waals surface area contributed by atoms with E-state index in [9.17, 15) is 0 Å². The topological polar surface area (TPSA) is 56.5 Å². The van der Waals surface area contributed by atoms with E-state index in [-0.39, 0.29) is 5.88 Å². The molecule has 5 nitrogen and oxygen atoms in total. The maximum atomic E-state index is 5.94. The van der Waals surface area contributed by atoms with E-state index in [1.54, 1.807) is 4.68 Å². The lowest BCUT2D eigenvalue weighted by Gasteiger charge is -2.07. The van der Waals surface area contributed by atoms with Crippen LogP contribution in [0, 0.1) is 13.8 Å². The molecule has 0 amide bonds. The minimum Gasteiger partial charge on any atom is -0.224 e. The summed E-state index contributed by atoms with van der Waals surface area (Å²) in [7, 11) is 0. The van der Waals surface area contributed by atoms with Gasteiger partial charge in [0.15, 0.2) is 5.82 Å². The molecule has 7 heteroatoms. The number of hydrogen-bond acceptors (Lipinski definition) is 4. The quantitative estimate of drug-likeness (QED) is 0.611. The molecule has 2 heterocycles. The summed E-state index contributed by atoms with van der Waals surface area (Å²) >= 11 is 11.8. The van der Waals surface area contributed by atoms with Crippen molar-refractivity contribution in [2.45, 2.75) is 19.7 Å². The Morgan fingerprint density at radius 2 is 2.06 bits per heavy atom. The van der Waals surface area contributed by atoms with Crippen molar-refractivity contribution in [3.05, 3.63) is 28.7 Å². The third kappa shape index (κ3) is 1.88. The van der Waals surface area contributed by atoms with Crippen molar-refractivity contribution < 1.29 is 0 Å². The van der Waals surface area contributed by atoms with Crippen molar-refractivity contribution in [3.63, 3.8) is 0 Å². The number of alkyl halides is 1. The molecule has 0 bridgehead atoms. The molecule has 0 aliphatic rings. The second kappa shape index (κ2) is 4.35. The Kier molecular flexibility index (Phi) is 3.07. The SMILES string of the molecule is Cc1nc(C)n(-c2ncnc(Cl)c2CCl)n1. The van der Waals surface area contributed by atoms with E-state index in [0.29, 0.717) is 22.4 Å². The van der Waals surface area contributed by atoms with Gasteiger partial charge in [0.2, 0.25) is 0 Å². The van der Waals surface area contributed by atoms with Gasteiger partial charge in [-0.1, -0.05) is 11.6 Å². The van der Waals surface area contributed by atoms with Crippen molar-refractivity contribution in [2.75, 3.05) is 0 Å². The van der Waals surface area contributed by atoms with Gasteiger partial charge in [0.05, 0.1) is 5.88 Å². The Bertz CT molecular complexity index is 523. The highest BCUT2D eigenvalue weighted by Crippen LogP contribution is 2.21. The van der Waals surface area contributed by atoms with E-state index in [1.165, 1.54) is 6.33 Å². The van der Waals surface area contributed by atoms with Gasteiger partial charge >= 0.3 is 0 Å². The van der Waals surface area contributed by atoms with Gasteiger partial charge < -0.3 is 0 Å². The third-order valence-electron chi connectivity index (χ3n) is 2.08. The number of nitrogens with zero attached hydrogens (tertiary/aromatic N) is 5. The highest BCUT2D eigenvalue weighted by molar-refractivity contribution is 6.31. The monoisotopic (exact) mass is 257 g/mol. The van der Waals surface area contributed by atoms with Gasteiger partial charge in [0, 0.05) is 5.56 Å². The number of hydrogen-bond donors (Lipinski definition) is 0. The molecule has 2 aromatic heterocycles. The first-order valence-corrected chi connectivity index (χ1v) is 5.50. The lowest BCUT2D eigenvalue weighted by molar-refractivity contribution is 0.788. The normalized spacial score (nSPS) is 10.8. The molecule has 0 saturated heterocycles. The fraction of sp³-hybridized carbons (Fsp3) is 0.333. The standard InChI is InChI=1S/C9H9Cl2N5/c1-5-14-6(2)16(15-5)9-7(3-10)8(11)12-4-13-9/h4H,3H2,1-2H3. The lowest BCUT2D eigenvalue weighted by atomic mass is 10.3. The van der Waals surface area contributed by atoms with Crippen molar-refractivity contribution in [1.29, 1.82) is 0 Å². The Hall–Kier alpha value is -1.20. The van der Waals surface area contributed by atoms with E-state index < -0.39 is 0 Å². The summed E-state index contributed by atoms with van der Waals surface area (Å²) in [6.45, 7) is 3.65. The Morgan fingerprint density at radius 3 is 2.62 bits per heavy atom. The maximum Gasteiger partial charge on any atom is 0.164 e. The van der Waals surface area contributed by atoms with E-state index in [0.717, 1.165) is 5.82 Å². The van der Waals surface area contributed by atoms with Crippen LogP contribution in [0.4, 0.5) is 0 Å². The molecule has 84 valence electrons. The fourth-order valence-electron chi connectivity index (χ4n) is 1.40. The number of aromatic nitrogens is 5. The van der Waals surface area contributed by atoms with Crippen LogP contribution in [-0.4, -0.2) is 24.7 Å². The molecule has 0 atom stereocenters. The summed E-state index contributed by atoms with van der Waals surface area (Å²) in [5.41, 5.74) is 0.652. The molecule has 0 aromatic carbocycles. The Balaban J connectivity index is 2.64. The van der Waals surface area contributed by atoms with Crippen molar-refractivity contribution in [2.24, 2.45) is 0 Å². The Labute approximate surface area is 102 Å². The molecule has 0 unspecified atom stereocenters. The Morgan fingerprint density at radius 1 is 1.31 bits per heavy atom. The van der Waals surface area contributed by atoms with Gasteiger partial charge in [0.25, 0.3) is 0 Å². The van der Waals surface area contributed by atoms with Gasteiger partial charge in [-0.15, -0.1) is 16.7 Å². The van der Waals surface area contributed by atoms with E-state index in [1.807, 2.05) is 13.8 Å². The molecule has 0 aliphatic carbocycles. The predicted molar refractivity (Wildman–Crippen MR) is 61.0 cm³/mol. The molecule has 0 spiro atoms. The first kappa shape index (κ1) is 11.3. The number of aryl methyl sites for hydroxylation is 2. The minimum atomic E-state index is 0.230. The van der Waals surface area contributed by atoms with Gasteiger partial charge in [-0.3, -0.25) is 0 Å². The molecule has 2 aromatic rings. The lowest BCUT2D eigenvalue weighted by Crippen LogP contribution is -2.07. The number of halogens is 2. The summed E-state index contributed by atoms with van der Waals surface area (Å²) < 4.78 is 1.61. The zero-order valence-electron chi connectivity index (χ0n) is 8.78. The highest BCUT2D eigenvalue weighted by Gasteiger charge is 2.14. The fourth-order valence-corrected chi connectivity index (χ4v) is 1.91. The van der Waals surface area contributed by atoms with Crippen molar-refractivity contribution >= 4 is 23.2 Å². The molecule has 0 radical (unpaired) electrons. The smallest absolute Gasteiger partial charge is 0.164 e. The van der Waals surface area contributed by atoms with E-state index in [2.05, 4.69) is 20.1 Å². The molecule has 0 saturated carbocycles. The van der Waals surface area contributed by atoms with Crippen LogP contribution in [-0.2, 0) is 5.88 Å². The van der Waals surface area contributed by atoms with Crippen LogP contribution in [0.5, 0.6) is 0 Å². The summed E-state index contributed by atoms with van der Waals surface area (Å²) in [6.07, 6.45) is 1.38. The summed E-state index contributed by atoms with van der Waals surface area (Å²) in [5, 5.41) is 4.57. The van der Waals surface area contributed by atoms with E-state index >= 15 is 0 Å². The average molecular weight is 258 g/mol. The zero-order valence-corrected chi connectivity index (χ0v) is 10.3. The van der Waals surface area contributed by atoms with Gasteiger partial charge in [0.1, 0.15) is 23.1 Å². The molecule has 0 N–H and O–H groups in total.